The predicted molar refractivity (Wildman–Crippen MR) is 123 cm³/mol. The molecule has 5 nitrogen and oxygen atoms in total. The van der Waals surface area contributed by atoms with Crippen molar-refractivity contribution >= 4 is 11.8 Å². The Morgan fingerprint density at radius 1 is 1.22 bits per heavy atom. The zero-order chi connectivity index (χ0) is 23.1. The molecule has 2 N–H and O–H groups in total. The van der Waals surface area contributed by atoms with Crippen LogP contribution in [0.5, 0.6) is 0 Å². The van der Waals surface area contributed by atoms with Gasteiger partial charge in [0, 0.05) is 30.2 Å². The molecule has 3 atom stereocenters. The summed E-state index contributed by atoms with van der Waals surface area (Å²) in [7, 11) is 0. The van der Waals surface area contributed by atoms with Crippen LogP contribution in [0.3, 0.4) is 0 Å². The second-order valence-electron chi connectivity index (χ2n) is 10.3. The predicted octanol–water partition coefficient (Wildman–Crippen LogP) is 3.33. The number of carbonyl (C=O) groups is 2. The normalized spacial score (nSPS) is 24.2. The first kappa shape index (κ1) is 22.5. The molecule has 0 saturated carbocycles. The first-order chi connectivity index (χ1) is 15.1. The van der Waals surface area contributed by atoms with Crippen molar-refractivity contribution in [3.63, 3.8) is 0 Å². The summed E-state index contributed by atoms with van der Waals surface area (Å²) in [6, 6.07) is 14.4. The first-order valence-corrected chi connectivity index (χ1v) is 11.3. The molecule has 1 fully saturated rings. The third-order valence-corrected chi connectivity index (χ3v) is 6.61. The van der Waals surface area contributed by atoms with Gasteiger partial charge in [0.2, 0.25) is 5.91 Å². The maximum absolute atomic E-state index is 14.3. The Hall–Kier alpha value is -2.73. The molecule has 2 aliphatic rings. The quantitative estimate of drug-likeness (QED) is 0.771. The van der Waals surface area contributed by atoms with Crippen LogP contribution in [0.4, 0.5) is 4.39 Å². The molecule has 0 radical (unpaired) electrons. The van der Waals surface area contributed by atoms with E-state index in [0.717, 1.165) is 5.56 Å². The maximum Gasteiger partial charge on any atom is 0.252 e. The number of hydrogen-bond donors (Lipinski definition) is 2. The lowest BCUT2D eigenvalue weighted by Gasteiger charge is -2.40. The number of amides is 2. The molecule has 6 heteroatoms. The number of rotatable bonds is 4. The zero-order valence-corrected chi connectivity index (χ0v) is 19.2. The number of nitrogens with one attached hydrogen (secondary N) is 2. The van der Waals surface area contributed by atoms with Crippen LogP contribution in [0.2, 0.25) is 0 Å². The van der Waals surface area contributed by atoms with Gasteiger partial charge in [-0.1, -0.05) is 36.4 Å². The Morgan fingerprint density at radius 3 is 2.62 bits per heavy atom. The first-order valence-electron chi connectivity index (χ1n) is 11.3. The van der Waals surface area contributed by atoms with E-state index in [0.29, 0.717) is 37.1 Å². The molecule has 0 bridgehead atoms. The standard InChI is InChI=1S/C26H32FN3O2/c1-17(13-18-9-6-8-12-22(18)27)30-15-21(24(32)28-25(2,3)4)26(16-30)14-19-10-5-7-11-20(19)23(31)29-26/h5-12,17,21H,13-16H2,1-4H3,(H,28,32)(H,29,31)/t17-,21-,26+/m0/s1. The molecule has 1 spiro atoms. The van der Waals surface area contributed by atoms with Crippen molar-refractivity contribution in [1.29, 1.82) is 0 Å². The summed E-state index contributed by atoms with van der Waals surface area (Å²) in [5.41, 5.74) is 1.24. The molecular formula is C26H32FN3O2. The third-order valence-electron chi connectivity index (χ3n) is 6.61. The minimum atomic E-state index is -0.690. The maximum atomic E-state index is 14.3. The number of likely N-dealkylation sites (tertiary alicyclic amines) is 1. The van der Waals surface area contributed by atoms with Crippen LogP contribution in [0, 0.1) is 11.7 Å². The van der Waals surface area contributed by atoms with Crippen LogP contribution in [-0.2, 0) is 17.6 Å². The van der Waals surface area contributed by atoms with E-state index in [-0.39, 0.29) is 29.2 Å². The second-order valence-corrected chi connectivity index (χ2v) is 10.3. The van der Waals surface area contributed by atoms with Gasteiger partial charge in [-0.2, -0.15) is 0 Å². The molecule has 2 heterocycles. The van der Waals surface area contributed by atoms with E-state index in [1.54, 1.807) is 12.1 Å². The Bertz CT molecular complexity index is 1030. The summed E-state index contributed by atoms with van der Waals surface area (Å²) < 4.78 is 14.3. The van der Waals surface area contributed by atoms with E-state index < -0.39 is 11.5 Å². The van der Waals surface area contributed by atoms with E-state index in [2.05, 4.69) is 22.5 Å². The summed E-state index contributed by atoms with van der Waals surface area (Å²) in [6.45, 7) is 8.99. The molecule has 170 valence electrons. The molecule has 32 heavy (non-hydrogen) atoms. The fourth-order valence-corrected chi connectivity index (χ4v) is 5.06. The lowest BCUT2D eigenvalue weighted by Crippen LogP contribution is -2.62. The van der Waals surface area contributed by atoms with Crippen LogP contribution in [-0.4, -0.2) is 46.9 Å². The topological polar surface area (TPSA) is 61.4 Å². The summed E-state index contributed by atoms with van der Waals surface area (Å²) in [5.74, 6) is -0.806. The fraction of sp³-hybridized carbons (Fsp3) is 0.462. The largest absolute Gasteiger partial charge is 0.351 e. The highest BCUT2D eigenvalue weighted by molar-refractivity contribution is 5.98. The van der Waals surface area contributed by atoms with E-state index in [9.17, 15) is 14.0 Å². The smallest absolute Gasteiger partial charge is 0.252 e. The summed E-state index contributed by atoms with van der Waals surface area (Å²) in [5, 5.41) is 6.32. The van der Waals surface area contributed by atoms with Gasteiger partial charge in [0.05, 0.1) is 11.5 Å². The van der Waals surface area contributed by atoms with Crippen LogP contribution in [0.25, 0.3) is 0 Å². The Labute approximate surface area is 189 Å². The number of fused-ring (bicyclic) bond motifs is 1. The van der Waals surface area contributed by atoms with Crippen molar-refractivity contribution in [2.75, 3.05) is 13.1 Å². The van der Waals surface area contributed by atoms with Gasteiger partial charge in [-0.3, -0.25) is 14.5 Å². The minimum Gasteiger partial charge on any atom is -0.351 e. The molecule has 2 aromatic carbocycles. The molecule has 1 saturated heterocycles. The van der Waals surface area contributed by atoms with Crippen molar-refractivity contribution in [2.24, 2.45) is 5.92 Å². The Balaban J connectivity index is 1.63. The second kappa shape index (κ2) is 8.32. The number of halogens is 1. The average molecular weight is 438 g/mol. The van der Waals surface area contributed by atoms with Crippen molar-refractivity contribution in [2.45, 2.75) is 57.7 Å². The van der Waals surface area contributed by atoms with Gasteiger partial charge >= 0.3 is 0 Å². The number of carbonyl (C=O) groups excluding carboxylic acids is 2. The minimum absolute atomic E-state index is 0.0188. The van der Waals surface area contributed by atoms with Gasteiger partial charge in [0.15, 0.2) is 0 Å². The lowest BCUT2D eigenvalue weighted by molar-refractivity contribution is -0.127. The SMILES string of the molecule is C[C@@H](Cc1ccccc1F)N1C[C@@H](C(=O)NC(C)(C)C)[C@@]2(Cc3ccccc3C(=O)N2)C1. The number of nitrogens with zero attached hydrogens (tertiary/aromatic N) is 1. The Kier molecular flexibility index (Phi) is 5.84. The molecule has 2 aromatic rings. The van der Waals surface area contributed by atoms with Crippen molar-refractivity contribution in [3.8, 4) is 0 Å². The number of benzene rings is 2. The van der Waals surface area contributed by atoms with E-state index in [1.807, 2.05) is 51.1 Å². The van der Waals surface area contributed by atoms with Gasteiger partial charge in [0.25, 0.3) is 5.91 Å². The summed E-state index contributed by atoms with van der Waals surface area (Å²) in [4.78, 5) is 28.6. The molecule has 2 aliphatic heterocycles. The average Bonchev–Trinajstić information content (AvgIpc) is 3.07. The third kappa shape index (κ3) is 4.42. The van der Waals surface area contributed by atoms with Gasteiger partial charge in [-0.05, 0) is 63.8 Å². The van der Waals surface area contributed by atoms with E-state index >= 15 is 0 Å². The molecule has 2 amide bonds. The lowest BCUT2D eigenvalue weighted by atomic mass is 9.76. The van der Waals surface area contributed by atoms with Crippen LogP contribution < -0.4 is 10.6 Å². The van der Waals surface area contributed by atoms with Crippen LogP contribution >= 0.6 is 0 Å². The van der Waals surface area contributed by atoms with Crippen molar-refractivity contribution in [3.05, 3.63) is 71.0 Å². The van der Waals surface area contributed by atoms with Crippen molar-refractivity contribution < 1.29 is 14.0 Å². The monoisotopic (exact) mass is 437 g/mol. The molecular weight excluding hydrogens is 405 g/mol. The highest BCUT2D eigenvalue weighted by Gasteiger charge is 2.54. The summed E-state index contributed by atoms with van der Waals surface area (Å²) in [6.07, 6.45) is 1.14. The van der Waals surface area contributed by atoms with Crippen LogP contribution in [0.1, 0.15) is 49.2 Å². The van der Waals surface area contributed by atoms with Gasteiger partial charge in [0.1, 0.15) is 5.82 Å². The highest BCUT2D eigenvalue weighted by atomic mass is 19.1. The molecule has 0 aromatic heterocycles. The van der Waals surface area contributed by atoms with Crippen molar-refractivity contribution in [1.82, 2.24) is 15.5 Å². The molecule has 0 aliphatic carbocycles. The van der Waals surface area contributed by atoms with Gasteiger partial charge in [-0.25, -0.2) is 4.39 Å². The van der Waals surface area contributed by atoms with Gasteiger partial charge < -0.3 is 10.6 Å². The summed E-state index contributed by atoms with van der Waals surface area (Å²) >= 11 is 0. The Morgan fingerprint density at radius 2 is 1.91 bits per heavy atom. The molecule has 4 rings (SSSR count). The highest BCUT2D eigenvalue weighted by Crippen LogP contribution is 2.37. The van der Waals surface area contributed by atoms with E-state index in [4.69, 9.17) is 0 Å². The van der Waals surface area contributed by atoms with E-state index in [1.165, 1.54) is 6.07 Å². The fourth-order valence-electron chi connectivity index (χ4n) is 5.06. The van der Waals surface area contributed by atoms with Gasteiger partial charge in [-0.15, -0.1) is 0 Å². The zero-order valence-electron chi connectivity index (χ0n) is 19.2. The number of hydrogen-bond acceptors (Lipinski definition) is 3. The van der Waals surface area contributed by atoms with Crippen LogP contribution in [0.15, 0.2) is 48.5 Å². The molecule has 0 unspecified atom stereocenters.